The molecule has 0 aromatic heterocycles. The lowest BCUT2D eigenvalue weighted by Gasteiger charge is -2.15. The second kappa shape index (κ2) is 6.71. The van der Waals surface area contributed by atoms with E-state index in [-0.39, 0.29) is 16.0 Å². The zero-order chi connectivity index (χ0) is 16.4. The Labute approximate surface area is 146 Å². The number of ether oxygens (including phenoxy) is 1. The molecule has 122 valence electrons. The topological polar surface area (TPSA) is 43.4 Å². The van der Waals surface area contributed by atoms with E-state index in [1.807, 2.05) is 0 Å². The van der Waals surface area contributed by atoms with Crippen molar-refractivity contribution in [1.82, 2.24) is 0 Å². The standard InChI is InChI=1S/C17H16Cl2O3S/c18-12-5-7-13(8-6-12)22-14-9-10-15(11-14)23(20,21)17-4-2-1-3-16(17)19/h1-8,14-15H,9-11H2/t14-,15-/m1/s1. The van der Waals surface area contributed by atoms with Gasteiger partial charge in [-0.2, -0.15) is 0 Å². The average molecular weight is 371 g/mol. The van der Waals surface area contributed by atoms with Crippen LogP contribution in [-0.2, 0) is 9.84 Å². The minimum absolute atomic E-state index is 0.113. The van der Waals surface area contributed by atoms with Crippen LogP contribution < -0.4 is 4.74 Å². The van der Waals surface area contributed by atoms with Crippen LogP contribution in [0.2, 0.25) is 10.0 Å². The normalized spacial score (nSPS) is 21.3. The van der Waals surface area contributed by atoms with E-state index in [0.717, 1.165) is 0 Å². The molecule has 0 amide bonds. The summed E-state index contributed by atoms with van der Waals surface area (Å²) < 4.78 is 31.3. The van der Waals surface area contributed by atoms with Crippen molar-refractivity contribution < 1.29 is 13.2 Å². The molecule has 0 bridgehead atoms. The lowest BCUT2D eigenvalue weighted by molar-refractivity contribution is 0.210. The maximum atomic E-state index is 12.7. The average Bonchev–Trinajstić information content (AvgIpc) is 2.99. The van der Waals surface area contributed by atoms with Gasteiger partial charge < -0.3 is 4.74 Å². The van der Waals surface area contributed by atoms with Crippen LogP contribution in [0.5, 0.6) is 5.75 Å². The molecule has 0 N–H and O–H groups in total. The minimum Gasteiger partial charge on any atom is -0.490 e. The third-order valence-corrected chi connectivity index (χ3v) is 7.00. The van der Waals surface area contributed by atoms with E-state index in [2.05, 4.69) is 0 Å². The summed E-state index contributed by atoms with van der Waals surface area (Å²) in [6.07, 6.45) is 1.64. The van der Waals surface area contributed by atoms with Crippen LogP contribution in [0.1, 0.15) is 19.3 Å². The molecule has 2 aromatic carbocycles. The smallest absolute Gasteiger partial charge is 0.182 e. The zero-order valence-corrected chi connectivity index (χ0v) is 14.6. The van der Waals surface area contributed by atoms with Crippen LogP contribution in [0.3, 0.4) is 0 Å². The molecule has 2 atom stereocenters. The van der Waals surface area contributed by atoms with E-state index in [1.165, 1.54) is 0 Å². The molecule has 0 saturated heterocycles. The molecule has 3 nitrogen and oxygen atoms in total. The highest BCUT2D eigenvalue weighted by Crippen LogP contribution is 2.34. The molecule has 0 spiro atoms. The second-order valence-electron chi connectivity index (χ2n) is 5.60. The Morgan fingerprint density at radius 1 is 0.957 bits per heavy atom. The number of benzene rings is 2. The summed E-state index contributed by atoms with van der Waals surface area (Å²) in [5.41, 5.74) is 0. The van der Waals surface area contributed by atoms with Crippen LogP contribution >= 0.6 is 23.2 Å². The first kappa shape index (κ1) is 16.6. The van der Waals surface area contributed by atoms with E-state index < -0.39 is 15.1 Å². The van der Waals surface area contributed by atoms with Gasteiger partial charge in [0.1, 0.15) is 11.9 Å². The Kier molecular flexibility index (Phi) is 4.85. The molecule has 0 aliphatic heterocycles. The highest BCUT2D eigenvalue weighted by atomic mass is 35.5. The maximum Gasteiger partial charge on any atom is 0.182 e. The van der Waals surface area contributed by atoms with Gasteiger partial charge in [0.25, 0.3) is 0 Å². The van der Waals surface area contributed by atoms with Crippen LogP contribution in [0.15, 0.2) is 53.4 Å². The Morgan fingerprint density at radius 3 is 2.35 bits per heavy atom. The van der Waals surface area contributed by atoms with Crippen molar-refractivity contribution in [2.75, 3.05) is 0 Å². The Morgan fingerprint density at radius 2 is 1.65 bits per heavy atom. The minimum atomic E-state index is -3.43. The van der Waals surface area contributed by atoms with Crippen molar-refractivity contribution in [2.24, 2.45) is 0 Å². The van der Waals surface area contributed by atoms with Crippen LogP contribution in [0, 0.1) is 0 Å². The molecule has 1 saturated carbocycles. The quantitative estimate of drug-likeness (QED) is 0.778. The lowest BCUT2D eigenvalue weighted by atomic mass is 10.3. The molecule has 6 heteroatoms. The summed E-state index contributed by atoms with van der Waals surface area (Å²) in [6.45, 7) is 0. The molecule has 0 unspecified atom stereocenters. The van der Waals surface area contributed by atoms with Crippen molar-refractivity contribution in [2.45, 2.75) is 35.5 Å². The first-order chi connectivity index (χ1) is 11.0. The van der Waals surface area contributed by atoms with E-state index >= 15 is 0 Å². The maximum absolute atomic E-state index is 12.7. The first-order valence-corrected chi connectivity index (χ1v) is 9.67. The predicted molar refractivity (Wildman–Crippen MR) is 92.1 cm³/mol. The molecule has 3 rings (SSSR count). The molecule has 2 aromatic rings. The largest absolute Gasteiger partial charge is 0.490 e. The summed E-state index contributed by atoms with van der Waals surface area (Å²) in [4.78, 5) is 0.207. The highest BCUT2D eigenvalue weighted by molar-refractivity contribution is 7.92. The lowest BCUT2D eigenvalue weighted by Crippen LogP contribution is -2.21. The fraction of sp³-hybridized carbons (Fsp3) is 0.294. The zero-order valence-electron chi connectivity index (χ0n) is 12.3. The van der Waals surface area contributed by atoms with E-state index in [9.17, 15) is 8.42 Å². The van der Waals surface area contributed by atoms with Gasteiger partial charge >= 0.3 is 0 Å². The Bertz CT molecular complexity index is 788. The van der Waals surface area contributed by atoms with E-state index in [4.69, 9.17) is 27.9 Å². The number of rotatable bonds is 4. The molecular formula is C17H16Cl2O3S. The molecule has 0 radical (unpaired) electrons. The van der Waals surface area contributed by atoms with Gasteiger partial charge in [-0.05, 0) is 49.2 Å². The molecule has 1 aliphatic carbocycles. The predicted octanol–water partition coefficient (Wildman–Crippen LogP) is 4.77. The van der Waals surface area contributed by atoms with Gasteiger partial charge in [-0.3, -0.25) is 0 Å². The van der Waals surface area contributed by atoms with Gasteiger partial charge in [-0.15, -0.1) is 0 Å². The monoisotopic (exact) mass is 370 g/mol. The summed E-state index contributed by atoms with van der Waals surface area (Å²) in [7, 11) is -3.43. The van der Waals surface area contributed by atoms with Crippen LogP contribution in [-0.4, -0.2) is 19.8 Å². The number of hydrogen-bond donors (Lipinski definition) is 0. The Hall–Kier alpha value is -1.23. The van der Waals surface area contributed by atoms with Crippen molar-refractivity contribution >= 4 is 33.0 Å². The number of sulfone groups is 1. The van der Waals surface area contributed by atoms with Crippen molar-refractivity contribution in [3.05, 3.63) is 58.6 Å². The third kappa shape index (κ3) is 3.65. The second-order valence-corrected chi connectivity index (χ2v) is 8.64. The fourth-order valence-electron chi connectivity index (χ4n) is 2.85. The number of halogens is 2. The first-order valence-electron chi connectivity index (χ1n) is 7.37. The summed E-state index contributed by atoms with van der Waals surface area (Å²) >= 11 is 11.9. The van der Waals surface area contributed by atoms with E-state index in [0.29, 0.717) is 30.0 Å². The molecule has 23 heavy (non-hydrogen) atoms. The van der Waals surface area contributed by atoms with Crippen LogP contribution in [0.4, 0.5) is 0 Å². The molecule has 1 fully saturated rings. The van der Waals surface area contributed by atoms with Crippen molar-refractivity contribution in [3.8, 4) is 5.75 Å². The van der Waals surface area contributed by atoms with Gasteiger partial charge in [-0.25, -0.2) is 8.42 Å². The summed E-state index contributed by atoms with van der Waals surface area (Å²) in [5.74, 6) is 0.704. The van der Waals surface area contributed by atoms with Gasteiger partial charge in [0.05, 0.1) is 15.2 Å². The molecule has 0 heterocycles. The fourth-order valence-corrected chi connectivity index (χ4v) is 5.32. The van der Waals surface area contributed by atoms with Gasteiger partial charge in [-0.1, -0.05) is 35.3 Å². The Balaban J connectivity index is 1.72. The van der Waals surface area contributed by atoms with Gasteiger partial charge in [0.15, 0.2) is 9.84 Å². The van der Waals surface area contributed by atoms with Crippen molar-refractivity contribution in [1.29, 1.82) is 0 Å². The van der Waals surface area contributed by atoms with Gasteiger partial charge in [0, 0.05) is 11.4 Å². The summed E-state index contributed by atoms with van der Waals surface area (Å²) in [5, 5.41) is 0.456. The van der Waals surface area contributed by atoms with E-state index in [1.54, 1.807) is 48.5 Å². The third-order valence-electron chi connectivity index (χ3n) is 4.03. The number of hydrogen-bond acceptors (Lipinski definition) is 3. The van der Waals surface area contributed by atoms with Gasteiger partial charge in [0.2, 0.25) is 0 Å². The van der Waals surface area contributed by atoms with Crippen LogP contribution in [0.25, 0.3) is 0 Å². The highest BCUT2D eigenvalue weighted by Gasteiger charge is 2.37. The SMILES string of the molecule is O=S(=O)(c1ccccc1Cl)[C@@H]1CC[C@@H](Oc2ccc(Cl)cc2)C1. The van der Waals surface area contributed by atoms with Crippen molar-refractivity contribution in [3.63, 3.8) is 0 Å². The molecular weight excluding hydrogens is 355 g/mol. The molecule has 1 aliphatic rings. The summed E-state index contributed by atoms with van der Waals surface area (Å²) in [6, 6.07) is 13.7.